The summed E-state index contributed by atoms with van der Waals surface area (Å²) < 4.78 is 2.36. The number of halogens is 1. The van der Waals surface area contributed by atoms with Crippen molar-refractivity contribution >= 4 is 22.5 Å². The summed E-state index contributed by atoms with van der Waals surface area (Å²) in [5, 5.41) is 1.99. The highest BCUT2D eigenvalue weighted by atomic mass is 35.5. The summed E-state index contributed by atoms with van der Waals surface area (Å²) >= 11 is 6.22. The molecule has 0 aliphatic carbocycles. The molecule has 0 fully saturated rings. The van der Waals surface area contributed by atoms with E-state index in [4.69, 9.17) is 11.6 Å². The molecule has 0 N–H and O–H groups in total. The van der Waals surface area contributed by atoms with Gasteiger partial charge in [0.1, 0.15) is 0 Å². The molecule has 0 bridgehead atoms. The van der Waals surface area contributed by atoms with Crippen LogP contribution in [0.3, 0.4) is 0 Å². The summed E-state index contributed by atoms with van der Waals surface area (Å²) in [4.78, 5) is 0. The molecule has 116 valence electrons. The van der Waals surface area contributed by atoms with Crippen LogP contribution in [0.2, 0.25) is 5.02 Å². The lowest BCUT2D eigenvalue weighted by Crippen LogP contribution is -2.37. The number of nitrogens with zero attached hydrogens (tertiary/aromatic N) is 1. The van der Waals surface area contributed by atoms with E-state index in [0.29, 0.717) is 0 Å². The molecule has 4 aromatic rings. The van der Waals surface area contributed by atoms with Crippen molar-refractivity contribution in [2.45, 2.75) is 6.54 Å². The first-order valence-corrected chi connectivity index (χ1v) is 8.40. The minimum absolute atomic E-state index is 0.756. The lowest BCUT2D eigenvalue weighted by atomic mass is 10.1. The second-order valence-corrected chi connectivity index (χ2v) is 6.30. The Morgan fingerprint density at radius 3 is 2.33 bits per heavy atom. The highest BCUT2D eigenvalue weighted by molar-refractivity contribution is 6.30. The number of pyridine rings is 1. The molecule has 1 aromatic heterocycles. The van der Waals surface area contributed by atoms with Crippen LogP contribution in [-0.4, -0.2) is 0 Å². The number of hydrogen-bond acceptors (Lipinski definition) is 0. The quantitative estimate of drug-likeness (QED) is 0.437. The minimum Gasteiger partial charge on any atom is -0.187 e. The van der Waals surface area contributed by atoms with Crippen molar-refractivity contribution in [3.63, 3.8) is 0 Å². The van der Waals surface area contributed by atoms with E-state index < -0.39 is 0 Å². The molecule has 1 nitrogen and oxygen atoms in total. The van der Waals surface area contributed by atoms with Crippen LogP contribution in [0.4, 0.5) is 0 Å². The van der Waals surface area contributed by atoms with Crippen LogP contribution in [0, 0.1) is 0 Å². The second kappa shape index (κ2) is 6.46. The molecule has 2 heteroatoms. The number of fused-ring (bicyclic) bond motifs is 1. The van der Waals surface area contributed by atoms with E-state index in [-0.39, 0.29) is 0 Å². The molecule has 0 radical (unpaired) electrons. The average molecular weight is 331 g/mol. The third kappa shape index (κ3) is 2.91. The van der Waals surface area contributed by atoms with Gasteiger partial charge in [0.2, 0.25) is 11.2 Å². The molecular formula is C22H17ClN+. The summed E-state index contributed by atoms with van der Waals surface area (Å²) in [5.74, 6) is 0. The number of aromatic nitrogens is 1. The summed E-state index contributed by atoms with van der Waals surface area (Å²) in [5.41, 5.74) is 4.80. The van der Waals surface area contributed by atoms with Gasteiger partial charge >= 0.3 is 0 Å². The zero-order chi connectivity index (χ0) is 16.4. The molecule has 0 unspecified atom stereocenters. The van der Waals surface area contributed by atoms with Gasteiger partial charge in [-0.2, -0.15) is 4.57 Å². The van der Waals surface area contributed by atoms with Crippen LogP contribution in [0.1, 0.15) is 5.56 Å². The highest BCUT2D eigenvalue weighted by Crippen LogP contribution is 2.23. The van der Waals surface area contributed by atoms with Gasteiger partial charge in [-0.1, -0.05) is 60.1 Å². The maximum Gasteiger partial charge on any atom is 0.213 e. The van der Waals surface area contributed by atoms with Gasteiger partial charge in [-0.15, -0.1) is 0 Å². The first-order valence-electron chi connectivity index (χ1n) is 8.03. The van der Waals surface area contributed by atoms with Crippen LogP contribution >= 0.6 is 11.6 Å². The Bertz CT molecular complexity index is 993. The second-order valence-electron chi connectivity index (χ2n) is 5.86. The maximum atomic E-state index is 6.22. The Morgan fingerprint density at radius 1 is 0.708 bits per heavy atom. The van der Waals surface area contributed by atoms with Crippen molar-refractivity contribution in [3.05, 3.63) is 102 Å². The van der Waals surface area contributed by atoms with Gasteiger partial charge in [0, 0.05) is 33.7 Å². The summed E-state index contributed by atoms with van der Waals surface area (Å²) in [7, 11) is 0. The average Bonchev–Trinajstić information content (AvgIpc) is 2.63. The minimum atomic E-state index is 0.756. The van der Waals surface area contributed by atoms with E-state index in [9.17, 15) is 0 Å². The van der Waals surface area contributed by atoms with E-state index in [1.165, 1.54) is 22.2 Å². The number of rotatable bonds is 3. The van der Waals surface area contributed by atoms with Crippen LogP contribution < -0.4 is 4.57 Å². The van der Waals surface area contributed by atoms with Crippen molar-refractivity contribution in [2.24, 2.45) is 0 Å². The molecule has 0 saturated heterocycles. The largest absolute Gasteiger partial charge is 0.213 e. The zero-order valence-electron chi connectivity index (χ0n) is 13.2. The lowest BCUT2D eigenvalue weighted by molar-refractivity contribution is -0.651. The van der Waals surface area contributed by atoms with Gasteiger partial charge in [-0.05, 0) is 30.3 Å². The predicted molar refractivity (Wildman–Crippen MR) is 100 cm³/mol. The first-order chi connectivity index (χ1) is 11.8. The van der Waals surface area contributed by atoms with Crippen molar-refractivity contribution < 1.29 is 4.57 Å². The Morgan fingerprint density at radius 2 is 1.50 bits per heavy atom. The number of para-hydroxylation sites is 1. The van der Waals surface area contributed by atoms with E-state index in [1.807, 2.05) is 18.2 Å². The molecule has 4 rings (SSSR count). The van der Waals surface area contributed by atoms with E-state index in [2.05, 4.69) is 77.4 Å². The fraction of sp³-hybridized carbons (Fsp3) is 0.0455. The van der Waals surface area contributed by atoms with Crippen LogP contribution in [-0.2, 0) is 6.54 Å². The third-order valence-corrected chi connectivity index (χ3v) is 4.48. The van der Waals surface area contributed by atoms with Gasteiger partial charge in [0.15, 0.2) is 6.54 Å². The third-order valence-electron chi connectivity index (χ3n) is 4.24. The summed E-state index contributed by atoms with van der Waals surface area (Å²) in [6.45, 7) is 0.823. The fourth-order valence-corrected chi connectivity index (χ4v) is 3.29. The Kier molecular flexibility index (Phi) is 4.02. The molecule has 1 heterocycles. The van der Waals surface area contributed by atoms with Crippen LogP contribution in [0.25, 0.3) is 22.2 Å². The molecule has 3 aromatic carbocycles. The maximum absolute atomic E-state index is 6.22. The Hall–Kier alpha value is -2.64. The molecule has 0 saturated carbocycles. The van der Waals surface area contributed by atoms with Gasteiger partial charge in [-0.25, -0.2) is 0 Å². The van der Waals surface area contributed by atoms with Crippen LogP contribution in [0.15, 0.2) is 91.0 Å². The van der Waals surface area contributed by atoms with Gasteiger partial charge in [0.05, 0.1) is 0 Å². The predicted octanol–water partition coefficient (Wildman–Crippen LogP) is 5.50. The molecule has 0 atom stereocenters. The Balaban J connectivity index is 1.94. The van der Waals surface area contributed by atoms with E-state index in [1.54, 1.807) is 0 Å². The van der Waals surface area contributed by atoms with E-state index in [0.717, 1.165) is 17.1 Å². The zero-order valence-corrected chi connectivity index (χ0v) is 13.9. The lowest BCUT2D eigenvalue weighted by Gasteiger charge is -2.08. The van der Waals surface area contributed by atoms with Crippen molar-refractivity contribution in [1.29, 1.82) is 0 Å². The SMILES string of the molecule is Clc1cccc(-c2ccc3ccccc3[n+]2Cc2ccccc2)c1. The molecule has 0 aliphatic heterocycles. The summed E-state index contributed by atoms with van der Waals surface area (Å²) in [6, 6.07) is 31.4. The smallest absolute Gasteiger partial charge is 0.187 e. The van der Waals surface area contributed by atoms with E-state index >= 15 is 0 Å². The topological polar surface area (TPSA) is 3.88 Å². The van der Waals surface area contributed by atoms with Gasteiger partial charge < -0.3 is 0 Å². The monoisotopic (exact) mass is 330 g/mol. The molecule has 0 amide bonds. The normalized spacial score (nSPS) is 10.9. The molecule has 24 heavy (non-hydrogen) atoms. The first kappa shape index (κ1) is 14.9. The van der Waals surface area contributed by atoms with Crippen molar-refractivity contribution in [3.8, 4) is 11.3 Å². The highest BCUT2D eigenvalue weighted by Gasteiger charge is 2.18. The molecular weight excluding hydrogens is 314 g/mol. The fourth-order valence-electron chi connectivity index (χ4n) is 3.10. The molecule has 0 aliphatic rings. The van der Waals surface area contributed by atoms with Gasteiger partial charge in [0.25, 0.3) is 0 Å². The van der Waals surface area contributed by atoms with Crippen molar-refractivity contribution in [1.82, 2.24) is 0 Å². The van der Waals surface area contributed by atoms with Crippen LogP contribution in [0.5, 0.6) is 0 Å². The summed E-state index contributed by atoms with van der Waals surface area (Å²) in [6.07, 6.45) is 0. The van der Waals surface area contributed by atoms with Gasteiger partial charge in [-0.3, -0.25) is 0 Å². The van der Waals surface area contributed by atoms with Crippen molar-refractivity contribution in [2.75, 3.05) is 0 Å². The number of hydrogen-bond donors (Lipinski definition) is 0. The molecule has 0 spiro atoms. The number of benzene rings is 3. The standard InChI is InChI=1S/C22H17ClN/c23-20-11-6-10-19(15-20)22-14-13-18-9-4-5-12-21(18)24(22)16-17-7-2-1-3-8-17/h1-15H,16H2/q+1. The Labute approximate surface area is 146 Å².